The number of carbonyl (C=O) groups is 1. The third-order valence-corrected chi connectivity index (χ3v) is 3.95. The van der Waals surface area contributed by atoms with Crippen molar-refractivity contribution in [3.05, 3.63) is 58.4 Å². The Labute approximate surface area is 109 Å². The summed E-state index contributed by atoms with van der Waals surface area (Å²) >= 11 is 1.50. The van der Waals surface area contributed by atoms with Crippen LogP contribution in [0.4, 0.5) is 0 Å². The minimum atomic E-state index is 0.170. The second kappa shape index (κ2) is 4.42. The Bertz CT molecular complexity index is 694. The van der Waals surface area contributed by atoms with Crippen LogP contribution in [0.3, 0.4) is 0 Å². The molecule has 3 aromatic rings. The van der Waals surface area contributed by atoms with E-state index in [2.05, 4.69) is 31.2 Å². The van der Waals surface area contributed by atoms with Gasteiger partial charge >= 0.3 is 0 Å². The van der Waals surface area contributed by atoms with Crippen LogP contribution in [0.2, 0.25) is 0 Å². The first-order valence-electron chi connectivity index (χ1n) is 5.86. The van der Waals surface area contributed by atoms with Crippen LogP contribution in [0.1, 0.15) is 15.2 Å². The number of rotatable bonds is 3. The molecular formula is C15H13NOS. The fourth-order valence-corrected chi connectivity index (χ4v) is 2.78. The lowest BCUT2D eigenvalue weighted by molar-refractivity contribution is 0.0977. The molecule has 3 rings (SSSR count). The summed E-state index contributed by atoms with van der Waals surface area (Å²) in [4.78, 5) is 12.9. The molecule has 0 radical (unpaired) electrons. The largest absolute Gasteiger partial charge is 0.340 e. The predicted octanol–water partition coefficient (Wildman–Crippen LogP) is 3.89. The number of hydrogen-bond donors (Lipinski definition) is 0. The molecule has 90 valence electrons. The lowest BCUT2D eigenvalue weighted by Gasteiger charge is -2.03. The number of carbonyl (C=O) groups excluding carboxylic acids is 1. The van der Waals surface area contributed by atoms with Gasteiger partial charge in [-0.2, -0.15) is 0 Å². The molecule has 0 atom stereocenters. The predicted molar refractivity (Wildman–Crippen MR) is 75.3 cm³/mol. The van der Waals surface area contributed by atoms with E-state index in [0.29, 0.717) is 6.54 Å². The van der Waals surface area contributed by atoms with E-state index >= 15 is 0 Å². The number of fused-ring (bicyclic) bond motifs is 1. The average molecular weight is 255 g/mol. The summed E-state index contributed by atoms with van der Waals surface area (Å²) in [5, 5.41) is 3.12. The smallest absolute Gasteiger partial charge is 0.192 e. The van der Waals surface area contributed by atoms with Gasteiger partial charge < -0.3 is 4.57 Å². The molecule has 2 heterocycles. The topological polar surface area (TPSA) is 22.0 Å². The Morgan fingerprint density at radius 3 is 2.94 bits per heavy atom. The number of thiophene rings is 1. The Balaban J connectivity index is 1.94. The van der Waals surface area contributed by atoms with E-state index in [1.165, 1.54) is 22.3 Å². The SMILES string of the molecule is Cc1ccc2c(ccn2CC(=O)c2cccs2)c1. The van der Waals surface area contributed by atoms with Crippen molar-refractivity contribution < 1.29 is 4.79 Å². The zero-order valence-electron chi connectivity index (χ0n) is 10.1. The monoisotopic (exact) mass is 255 g/mol. The summed E-state index contributed by atoms with van der Waals surface area (Å²) in [6.45, 7) is 2.49. The van der Waals surface area contributed by atoms with Crippen molar-refractivity contribution in [2.24, 2.45) is 0 Å². The van der Waals surface area contributed by atoms with E-state index in [1.54, 1.807) is 0 Å². The number of Topliss-reactive ketones (excluding diaryl/α,β-unsaturated/α-hetero) is 1. The minimum Gasteiger partial charge on any atom is -0.340 e. The summed E-state index contributed by atoms with van der Waals surface area (Å²) in [5.41, 5.74) is 2.36. The number of aryl methyl sites for hydroxylation is 1. The second-order valence-electron chi connectivity index (χ2n) is 4.41. The average Bonchev–Trinajstić information content (AvgIpc) is 2.98. The third kappa shape index (κ3) is 1.97. The summed E-state index contributed by atoms with van der Waals surface area (Å²) in [7, 11) is 0. The van der Waals surface area contributed by atoms with Crippen LogP contribution in [-0.4, -0.2) is 10.4 Å². The Morgan fingerprint density at radius 1 is 1.28 bits per heavy atom. The molecule has 0 unspecified atom stereocenters. The normalized spacial score (nSPS) is 10.9. The van der Waals surface area contributed by atoms with E-state index in [1.807, 2.05) is 28.3 Å². The van der Waals surface area contributed by atoms with Crippen molar-refractivity contribution >= 4 is 28.0 Å². The molecule has 1 aromatic carbocycles. The van der Waals surface area contributed by atoms with Gasteiger partial charge in [-0.05, 0) is 42.0 Å². The molecule has 3 heteroatoms. The molecule has 0 aliphatic heterocycles. The summed E-state index contributed by atoms with van der Waals surface area (Å²) in [6.07, 6.45) is 1.98. The fraction of sp³-hybridized carbons (Fsp3) is 0.133. The van der Waals surface area contributed by atoms with Crippen LogP contribution in [0.25, 0.3) is 10.9 Å². The van der Waals surface area contributed by atoms with Crippen molar-refractivity contribution in [1.29, 1.82) is 0 Å². The van der Waals surface area contributed by atoms with Crippen molar-refractivity contribution in [3.63, 3.8) is 0 Å². The summed E-state index contributed by atoms with van der Waals surface area (Å²) in [6, 6.07) is 12.1. The van der Waals surface area contributed by atoms with Crippen molar-refractivity contribution in [2.45, 2.75) is 13.5 Å². The van der Waals surface area contributed by atoms with Crippen molar-refractivity contribution in [1.82, 2.24) is 4.57 Å². The van der Waals surface area contributed by atoms with Gasteiger partial charge in [-0.15, -0.1) is 11.3 Å². The molecular weight excluding hydrogens is 242 g/mol. The molecule has 0 bridgehead atoms. The van der Waals surface area contributed by atoms with Crippen LogP contribution in [0.5, 0.6) is 0 Å². The van der Waals surface area contributed by atoms with Gasteiger partial charge in [0.1, 0.15) is 0 Å². The quantitative estimate of drug-likeness (QED) is 0.651. The maximum atomic E-state index is 12.1. The summed E-state index contributed by atoms with van der Waals surface area (Å²) < 4.78 is 2.01. The Morgan fingerprint density at radius 2 is 2.17 bits per heavy atom. The zero-order chi connectivity index (χ0) is 12.5. The van der Waals surface area contributed by atoms with Gasteiger partial charge in [0.2, 0.25) is 0 Å². The standard InChI is InChI=1S/C15H13NOS/c1-11-4-5-13-12(9-11)6-7-16(13)10-14(17)15-3-2-8-18-15/h2-9H,10H2,1H3. The molecule has 0 fully saturated rings. The number of nitrogens with zero attached hydrogens (tertiary/aromatic N) is 1. The molecule has 0 N–H and O–H groups in total. The number of benzene rings is 1. The first-order chi connectivity index (χ1) is 8.74. The minimum absolute atomic E-state index is 0.170. The van der Waals surface area contributed by atoms with E-state index in [0.717, 1.165) is 10.4 Å². The molecule has 18 heavy (non-hydrogen) atoms. The van der Waals surface area contributed by atoms with Crippen LogP contribution >= 0.6 is 11.3 Å². The van der Waals surface area contributed by atoms with Gasteiger partial charge in [0.05, 0.1) is 11.4 Å². The first-order valence-corrected chi connectivity index (χ1v) is 6.74. The maximum absolute atomic E-state index is 12.1. The van der Waals surface area contributed by atoms with E-state index in [9.17, 15) is 4.79 Å². The lowest BCUT2D eigenvalue weighted by Crippen LogP contribution is -2.07. The van der Waals surface area contributed by atoms with E-state index in [4.69, 9.17) is 0 Å². The molecule has 2 aromatic heterocycles. The molecule has 0 aliphatic carbocycles. The van der Waals surface area contributed by atoms with Crippen LogP contribution in [0, 0.1) is 6.92 Å². The van der Waals surface area contributed by atoms with Crippen LogP contribution in [-0.2, 0) is 6.54 Å². The summed E-state index contributed by atoms with van der Waals surface area (Å²) in [5.74, 6) is 0.170. The van der Waals surface area contributed by atoms with Crippen molar-refractivity contribution in [3.8, 4) is 0 Å². The van der Waals surface area contributed by atoms with Gasteiger partial charge in [-0.25, -0.2) is 0 Å². The highest BCUT2D eigenvalue weighted by molar-refractivity contribution is 7.12. The highest BCUT2D eigenvalue weighted by atomic mass is 32.1. The van der Waals surface area contributed by atoms with Gasteiger partial charge in [-0.3, -0.25) is 4.79 Å². The fourth-order valence-electron chi connectivity index (χ4n) is 2.13. The highest BCUT2D eigenvalue weighted by Crippen LogP contribution is 2.18. The van der Waals surface area contributed by atoms with Gasteiger partial charge in [0.25, 0.3) is 0 Å². The molecule has 0 saturated carbocycles. The van der Waals surface area contributed by atoms with Crippen molar-refractivity contribution in [2.75, 3.05) is 0 Å². The van der Waals surface area contributed by atoms with E-state index < -0.39 is 0 Å². The third-order valence-electron chi connectivity index (χ3n) is 3.04. The Kier molecular flexibility index (Phi) is 2.76. The molecule has 0 saturated heterocycles. The first kappa shape index (κ1) is 11.2. The molecule has 0 spiro atoms. The number of ketones is 1. The lowest BCUT2D eigenvalue weighted by atomic mass is 10.2. The zero-order valence-corrected chi connectivity index (χ0v) is 10.9. The number of aromatic nitrogens is 1. The number of hydrogen-bond acceptors (Lipinski definition) is 2. The van der Waals surface area contributed by atoms with Crippen LogP contribution < -0.4 is 0 Å². The second-order valence-corrected chi connectivity index (χ2v) is 5.35. The maximum Gasteiger partial charge on any atom is 0.192 e. The Hall–Kier alpha value is -1.87. The van der Waals surface area contributed by atoms with E-state index in [-0.39, 0.29) is 5.78 Å². The molecule has 2 nitrogen and oxygen atoms in total. The van der Waals surface area contributed by atoms with Gasteiger partial charge in [-0.1, -0.05) is 17.7 Å². The molecule has 0 aliphatic rings. The van der Waals surface area contributed by atoms with Gasteiger partial charge in [0.15, 0.2) is 5.78 Å². The molecule has 0 amide bonds. The van der Waals surface area contributed by atoms with Crippen LogP contribution in [0.15, 0.2) is 48.0 Å². The highest BCUT2D eigenvalue weighted by Gasteiger charge is 2.09. The van der Waals surface area contributed by atoms with Gasteiger partial charge in [0, 0.05) is 11.7 Å².